The second kappa shape index (κ2) is 4.31. The maximum atomic E-state index is 13.2. The number of para-hydroxylation sites is 1. The summed E-state index contributed by atoms with van der Waals surface area (Å²) in [6, 6.07) is 8.31. The quantitative estimate of drug-likeness (QED) is 0.904. The van der Waals surface area contributed by atoms with Gasteiger partial charge in [-0.25, -0.2) is 0 Å². The molecule has 1 N–H and O–H groups in total. The summed E-state index contributed by atoms with van der Waals surface area (Å²) in [4.78, 5) is 0. The van der Waals surface area contributed by atoms with Crippen molar-refractivity contribution in [2.75, 3.05) is 6.54 Å². The molecular formula is C13H14F3NO. The molecule has 0 fully saturated rings. The molecule has 0 saturated heterocycles. The van der Waals surface area contributed by atoms with Gasteiger partial charge in [0.1, 0.15) is 11.3 Å². The van der Waals surface area contributed by atoms with Gasteiger partial charge in [-0.05, 0) is 25.6 Å². The van der Waals surface area contributed by atoms with Crippen LogP contribution in [0.5, 0.6) is 0 Å². The van der Waals surface area contributed by atoms with Crippen LogP contribution in [0, 0.1) is 0 Å². The largest absolute Gasteiger partial charge is 0.459 e. The number of benzene rings is 1. The summed E-state index contributed by atoms with van der Waals surface area (Å²) in [7, 11) is 0. The first-order chi connectivity index (χ1) is 8.38. The van der Waals surface area contributed by atoms with E-state index in [2.05, 4.69) is 5.32 Å². The number of halogens is 3. The summed E-state index contributed by atoms with van der Waals surface area (Å²) in [5.74, 6) is -0.113. The van der Waals surface area contributed by atoms with E-state index in [0.29, 0.717) is 11.0 Å². The fourth-order valence-electron chi connectivity index (χ4n) is 1.91. The van der Waals surface area contributed by atoms with Gasteiger partial charge in [-0.15, -0.1) is 0 Å². The lowest BCUT2D eigenvalue weighted by molar-refractivity contribution is -0.199. The molecule has 2 aromatic rings. The zero-order valence-corrected chi connectivity index (χ0v) is 10.1. The van der Waals surface area contributed by atoms with Crippen molar-refractivity contribution in [3.8, 4) is 0 Å². The highest BCUT2D eigenvalue weighted by atomic mass is 19.4. The first-order valence-electron chi connectivity index (χ1n) is 5.69. The summed E-state index contributed by atoms with van der Waals surface area (Å²) in [6.45, 7) is 2.92. The molecule has 1 aromatic heterocycles. The van der Waals surface area contributed by atoms with Crippen molar-refractivity contribution in [3.05, 3.63) is 36.1 Å². The van der Waals surface area contributed by atoms with Gasteiger partial charge in [0.05, 0.1) is 0 Å². The van der Waals surface area contributed by atoms with Crippen LogP contribution in [-0.2, 0) is 5.54 Å². The molecule has 0 aliphatic carbocycles. The molecule has 0 aliphatic rings. The third-order valence-electron chi connectivity index (χ3n) is 3.02. The van der Waals surface area contributed by atoms with Crippen molar-refractivity contribution in [2.24, 2.45) is 0 Å². The second-order valence-electron chi connectivity index (χ2n) is 4.30. The molecule has 0 aliphatic heterocycles. The summed E-state index contributed by atoms with van der Waals surface area (Å²) in [5, 5.41) is 3.12. The number of hydrogen-bond donors (Lipinski definition) is 1. The molecular weight excluding hydrogens is 243 g/mol. The molecule has 18 heavy (non-hydrogen) atoms. The average molecular weight is 257 g/mol. The molecule has 0 spiro atoms. The van der Waals surface area contributed by atoms with Crippen LogP contribution in [0.4, 0.5) is 13.2 Å². The van der Waals surface area contributed by atoms with E-state index >= 15 is 0 Å². The first-order valence-corrected chi connectivity index (χ1v) is 5.69. The lowest BCUT2D eigenvalue weighted by Gasteiger charge is -2.30. The predicted octanol–water partition coefficient (Wildman–Crippen LogP) is 3.82. The summed E-state index contributed by atoms with van der Waals surface area (Å²) in [5.41, 5.74) is -1.71. The van der Waals surface area contributed by atoms with Gasteiger partial charge in [0, 0.05) is 5.39 Å². The molecule has 0 amide bonds. The number of hydrogen-bond acceptors (Lipinski definition) is 2. The number of alkyl halides is 3. The second-order valence-corrected chi connectivity index (χ2v) is 4.30. The molecule has 5 heteroatoms. The normalized spacial score (nSPS) is 15.8. The van der Waals surface area contributed by atoms with Crippen LogP contribution >= 0.6 is 0 Å². The van der Waals surface area contributed by atoms with Gasteiger partial charge in [-0.2, -0.15) is 13.2 Å². The van der Waals surface area contributed by atoms with E-state index in [0.717, 1.165) is 6.92 Å². The molecule has 0 saturated carbocycles. The summed E-state index contributed by atoms with van der Waals surface area (Å²) < 4.78 is 44.9. The highest BCUT2D eigenvalue weighted by Gasteiger charge is 2.54. The fourth-order valence-corrected chi connectivity index (χ4v) is 1.91. The van der Waals surface area contributed by atoms with E-state index in [9.17, 15) is 13.2 Å². The summed E-state index contributed by atoms with van der Waals surface area (Å²) >= 11 is 0. The topological polar surface area (TPSA) is 25.2 Å². The Morgan fingerprint density at radius 1 is 1.22 bits per heavy atom. The van der Waals surface area contributed by atoms with Gasteiger partial charge in [-0.1, -0.05) is 25.1 Å². The number of rotatable bonds is 3. The van der Waals surface area contributed by atoms with Crippen molar-refractivity contribution in [3.63, 3.8) is 0 Å². The smallest absolute Gasteiger partial charge is 0.413 e. The summed E-state index contributed by atoms with van der Waals surface area (Å²) in [6.07, 6.45) is -4.42. The Bertz CT molecular complexity index is 513. The fraction of sp³-hybridized carbons (Fsp3) is 0.385. The molecule has 2 rings (SSSR count). The number of fused-ring (bicyclic) bond motifs is 1. The van der Waals surface area contributed by atoms with Crippen LogP contribution in [0.3, 0.4) is 0 Å². The minimum atomic E-state index is -4.42. The van der Waals surface area contributed by atoms with Gasteiger partial charge < -0.3 is 4.42 Å². The van der Waals surface area contributed by atoms with E-state index < -0.39 is 11.7 Å². The molecule has 1 heterocycles. The zero-order valence-electron chi connectivity index (χ0n) is 10.1. The van der Waals surface area contributed by atoms with Crippen LogP contribution in [0.15, 0.2) is 34.7 Å². The van der Waals surface area contributed by atoms with Crippen LogP contribution < -0.4 is 5.32 Å². The van der Waals surface area contributed by atoms with Gasteiger partial charge in [0.15, 0.2) is 5.54 Å². The minimum absolute atomic E-state index is 0.113. The van der Waals surface area contributed by atoms with Crippen molar-refractivity contribution in [2.45, 2.75) is 25.6 Å². The Morgan fingerprint density at radius 2 is 1.89 bits per heavy atom. The average Bonchev–Trinajstić information content (AvgIpc) is 2.71. The number of furan rings is 1. The maximum Gasteiger partial charge on any atom is 0.413 e. The molecule has 0 bridgehead atoms. The van der Waals surface area contributed by atoms with Crippen LogP contribution in [0.1, 0.15) is 19.6 Å². The lowest BCUT2D eigenvalue weighted by Crippen LogP contribution is -2.51. The minimum Gasteiger partial charge on any atom is -0.459 e. The van der Waals surface area contributed by atoms with Crippen molar-refractivity contribution in [1.29, 1.82) is 0 Å². The third kappa shape index (κ3) is 1.99. The van der Waals surface area contributed by atoms with Crippen molar-refractivity contribution >= 4 is 11.0 Å². The van der Waals surface area contributed by atoms with Crippen LogP contribution in [0.2, 0.25) is 0 Å². The van der Waals surface area contributed by atoms with Crippen molar-refractivity contribution in [1.82, 2.24) is 5.32 Å². The van der Waals surface area contributed by atoms with E-state index in [-0.39, 0.29) is 12.3 Å². The highest BCUT2D eigenvalue weighted by Crippen LogP contribution is 2.40. The molecule has 98 valence electrons. The Kier molecular flexibility index (Phi) is 3.11. The molecule has 0 radical (unpaired) electrons. The SMILES string of the molecule is CCNC(C)(c1cc2ccccc2o1)C(F)(F)F. The van der Waals surface area contributed by atoms with Gasteiger partial charge in [-0.3, -0.25) is 5.32 Å². The van der Waals surface area contributed by atoms with Crippen molar-refractivity contribution < 1.29 is 17.6 Å². The molecule has 2 nitrogen and oxygen atoms in total. The molecule has 1 atom stereocenters. The predicted molar refractivity (Wildman–Crippen MR) is 63.3 cm³/mol. The van der Waals surface area contributed by atoms with Crippen LogP contribution in [-0.4, -0.2) is 12.7 Å². The van der Waals surface area contributed by atoms with E-state index in [4.69, 9.17) is 4.42 Å². The van der Waals surface area contributed by atoms with Gasteiger partial charge in [0.25, 0.3) is 0 Å². The van der Waals surface area contributed by atoms with E-state index in [1.807, 2.05) is 0 Å². The maximum absolute atomic E-state index is 13.2. The highest BCUT2D eigenvalue weighted by molar-refractivity contribution is 5.78. The van der Waals surface area contributed by atoms with E-state index in [1.165, 1.54) is 6.07 Å². The lowest BCUT2D eigenvalue weighted by atomic mass is 9.98. The monoisotopic (exact) mass is 257 g/mol. The molecule has 1 aromatic carbocycles. The molecule has 1 unspecified atom stereocenters. The third-order valence-corrected chi connectivity index (χ3v) is 3.02. The standard InChI is InChI=1S/C13H14F3NO/c1-3-17-12(2,13(14,15)16)11-8-9-6-4-5-7-10(9)18-11/h4-8,17H,3H2,1-2H3. The zero-order chi connectivity index (χ0) is 13.4. The number of nitrogens with one attached hydrogen (secondary N) is 1. The van der Waals surface area contributed by atoms with E-state index in [1.54, 1.807) is 31.2 Å². The van der Waals surface area contributed by atoms with Gasteiger partial charge in [0.2, 0.25) is 0 Å². The Balaban J connectivity index is 2.55. The Hall–Kier alpha value is -1.49. The Morgan fingerprint density at radius 3 is 2.44 bits per heavy atom. The first kappa shape index (κ1) is 13.0. The van der Waals surface area contributed by atoms with Gasteiger partial charge >= 0.3 is 6.18 Å². The van der Waals surface area contributed by atoms with Crippen LogP contribution in [0.25, 0.3) is 11.0 Å². The Labute approximate surface area is 103 Å².